The molecule has 0 amide bonds. The number of halogens is 2. The van der Waals surface area contributed by atoms with Gasteiger partial charge in [-0.15, -0.1) is 0 Å². The molecule has 19 heavy (non-hydrogen) atoms. The van der Waals surface area contributed by atoms with E-state index in [9.17, 15) is 0 Å². The Bertz CT molecular complexity index is 555. The van der Waals surface area contributed by atoms with Crippen LogP contribution in [0.5, 0.6) is 0 Å². The fraction of sp³-hybridized carbons (Fsp3) is 0.308. The zero-order valence-corrected chi connectivity index (χ0v) is 12.9. The van der Waals surface area contributed by atoms with E-state index in [1.165, 1.54) is 0 Å². The van der Waals surface area contributed by atoms with Crippen LogP contribution in [0.15, 0.2) is 35.1 Å². The van der Waals surface area contributed by atoms with Gasteiger partial charge >= 0.3 is 0 Å². The van der Waals surface area contributed by atoms with Crippen molar-refractivity contribution in [2.24, 2.45) is 5.73 Å². The lowest BCUT2D eigenvalue weighted by atomic mass is 10.1. The summed E-state index contributed by atoms with van der Waals surface area (Å²) < 4.78 is 2.76. The number of hydrogen-bond acceptors (Lipinski definition) is 3. The Morgan fingerprint density at radius 2 is 2.32 bits per heavy atom. The van der Waals surface area contributed by atoms with Gasteiger partial charge in [0.2, 0.25) is 0 Å². The molecule has 1 aromatic carbocycles. The van der Waals surface area contributed by atoms with Crippen LogP contribution < -0.4 is 11.1 Å². The summed E-state index contributed by atoms with van der Waals surface area (Å²) in [6.07, 6.45) is 3.85. The number of nitrogens with one attached hydrogen (secondary N) is 1. The van der Waals surface area contributed by atoms with Crippen LogP contribution in [0.1, 0.15) is 18.5 Å². The van der Waals surface area contributed by atoms with Gasteiger partial charge in [0.05, 0.1) is 17.3 Å². The van der Waals surface area contributed by atoms with E-state index in [2.05, 4.69) is 33.3 Å². The van der Waals surface area contributed by atoms with E-state index in [-0.39, 0.29) is 6.04 Å². The maximum absolute atomic E-state index is 6.08. The van der Waals surface area contributed by atoms with Gasteiger partial charge in [0.1, 0.15) is 0 Å². The Hall–Kier alpha value is -1.04. The number of aryl methyl sites for hydroxylation is 1. The zero-order valence-electron chi connectivity index (χ0n) is 10.6. The van der Waals surface area contributed by atoms with Crippen LogP contribution >= 0.6 is 27.5 Å². The minimum atomic E-state index is 0.0255. The molecule has 2 rings (SSSR count). The van der Waals surface area contributed by atoms with Gasteiger partial charge in [-0.1, -0.05) is 11.6 Å². The first kappa shape index (κ1) is 14.4. The molecule has 0 fully saturated rings. The Morgan fingerprint density at radius 1 is 1.53 bits per heavy atom. The molecule has 3 N–H and O–H groups in total. The molecule has 0 radical (unpaired) electrons. The smallest absolute Gasteiger partial charge is 0.0667 e. The number of hydrogen-bond donors (Lipinski definition) is 2. The first-order chi connectivity index (χ1) is 9.13. The molecule has 102 valence electrons. The molecule has 1 atom stereocenters. The maximum atomic E-state index is 6.08. The first-order valence-corrected chi connectivity index (χ1v) is 7.25. The van der Waals surface area contributed by atoms with Crippen molar-refractivity contribution in [2.75, 3.05) is 11.9 Å². The van der Waals surface area contributed by atoms with Crippen molar-refractivity contribution in [3.63, 3.8) is 0 Å². The summed E-state index contributed by atoms with van der Waals surface area (Å²) in [6, 6.07) is 5.77. The standard InChI is InChI=1S/C13H16BrClN4/c1-2-19-8-9(7-17-19)13(6-16)18-10-3-4-11(14)12(15)5-10/h3-5,7-8,13,18H,2,6,16H2,1H3. The van der Waals surface area contributed by atoms with Gasteiger partial charge in [-0.25, -0.2) is 0 Å². The molecule has 1 heterocycles. The molecule has 0 saturated carbocycles. The average molecular weight is 344 g/mol. The summed E-state index contributed by atoms with van der Waals surface area (Å²) in [6.45, 7) is 3.39. The second-order valence-corrected chi connectivity index (χ2v) is 5.45. The molecule has 6 heteroatoms. The lowest BCUT2D eigenvalue weighted by molar-refractivity contribution is 0.658. The molecule has 0 aliphatic rings. The van der Waals surface area contributed by atoms with E-state index >= 15 is 0 Å². The summed E-state index contributed by atoms with van der Waals surface area (Å²) in [5, 5.41) is 8.30. The second kappa shape index (κ2) is 6.41. The highest BCUT2D eigenvalue weighted by molar-refractivity contribution is 9.10. The van der Waals surface area contributed by atoms with Crippen molar-refractivity contribution < 1.29 is 0 Å². The molecular weight excluding hydrogens is 328 g/mol. The Balaban J connectivity index is 2.16. The van der Waals surface area contributed by atoms with Crippen molar-refractivity contribution >= 4 is 33.2 Å². The third kappa shape index (κ3) is 3.49. The van der Waals surface area contributed by atoms with Gasteiger partial charge in [-0.3, -0.25) is 4.68 Å². The lowest BCUT2D eigenvalue weighted by Crippen LogP contribution is -2.20. The molecule has 0 aliphatic heterocycles. The van der Waals surface area contributed by atoms with Crippen LogP contribution in [0.4, 0.5) is 5.69 Å². The predicted molar refractivity (Wildman–Crippen MR) is 82.5 cm³/mol. The van der Waals surface area contributed by atoms with Crippen molar-refractivity contribution in [1.29, 1.82) is 0 Å². The molecule has 1 unspecified atom stereocenters. The Labute approximate surface area is 126 Å². The topological polar surface area (TPSA) is 55.9 Å². The van der Waals surface area contributed by atoms with Gasteiger partial charge in [0.15, 0.2) is 0 Å². The van der Waals surface area contributed by atoms with Crippen molar-refractivity contribution in [3.8, 4) is 0 Å². The third-order valence-electron chi connectivity index (χ3n) is 2.88. The van der Waals surface area contributed by atoms with Crippen LogP contribution in [-0.4, -0.2) is 16.3 Å². The normalized spacial score (nSPS) is 12.4. The summed E-state index contributed by atoms with van der Waals surface area (Å²) in [5.74, 6) is 0. The van der Waals surface area contributed by atoms with Gasteiger partial charge in [-0.05, 0) is 41.1 Å². The number of aromatic nitrogens is 2. The SMILES string of the molecule is CCn1cc(C(CN)Nc2ccc(Br)c(Cl)c2)cn1. The minimum Gasteiger partial charge on any atom is -0.377 e. The predicted octanol–water partition coefficient (Wildman–Crippen LogP) is 3.43. The Morgan fingerprint density at radius 3 is 2.89 bits per heavy atom. The number of rotatable bonds is 5. The highest BCUT2D eigenvalue weighted by atomic mass is 79.9. The fourth-order valence-electron chi connectivity index (χ4n) is 1.80. The molecule has 1 aromatic heterocycles. The Kier molecular flexibility index (Phi) is 4.85. The quantitative estimate of drug-likeness (QED) is 0.874. The van der Waals surface area contributed by atoms with Crippen molar-refractivity contribution in [1.82, 2.24) is 9.78 Å². The monoisotopic (exact) mass is 342 g/mol. The number of benzene rings is 1. The van der Waals surface area contributed by atoms with E-state index in [1.807, 2.05) is 35.3 Å². The number of nitrogens with two attached hydrogens (primary N) is 1. The van der Waals surface area contributed by atoms with Gasteiger partial charge in [0.25, 0.3) is 0 Å². The van der Waals surface area contributed by atoms with Gasteiger partial charge in [0, 0.05) is 35.0 Å². The fourth-order valence-corrected chi connectivity index (χ4v) is 2.23. The summed E-state index contributed by atoms with van der Waals surface area (Å²) in [4.78, 5) is 0. The van der Waals surface area contributed by atoms with E-state index in [1.54, 1.807) is 0 Å². The number of anilines is 1. The van der Waals surface area contributed by atoms with Crippen molar-refractivity contribution in [3.05, 3.63) is 45.7 Å². The van der Waals surface area contributed by atoms with Crippen molar-refractivity contribution in [2.45, 2.75) is 19.5 Å². The third-order valence-corrected chi connectivity index (χ3v) is 4.11. The molecule has 0 aliphatic carbocycles. The molecular formula is C13H16BrClN4. The zero-order chi connectivity index (χ0) is 13.8. The maximum Gasteiger partial charge on any atom is 0.0667 e. The summed E-state index contributed by atoms with van der Waals surface area (Å²) >= 11 is 9.45. The van der Waals surface area contributed by atoms with E-state index < -0.39 is 0 Å². The van der Waals surface area contributed by atoms with Crippen LogP contribution in [0.2, 0.25) is 5.02 Å². The van der Waals surface area contributed by atoms with E-state index in [0.29, 0.717) is 11.6 Å². The van der Waals surface area contributed by atoms with Crippen LogP contribution in [0.25, 0.3) is 0 Å². The van der Waals surface area contributed by atoms with Crippen LogP contribution in [0.3, 0.4) is 0 Å². The van der Waals surface area contributed by atoms with E-state index in [4.69, 9.17) is 17.3 Å². The molecule has 4 nitrogen and oxygen atoms in total. The largest absolute Gasteiger partial charge is 0.377 e. The minimum absolute atomic E-state index is 0.0255. The van der Waals surface area contributed by atoms with Gasteiger partial charge < -0.3 is 11.1 Å². The van der Waals surface area contributed by atoms with E-state index in [0.717, 1.165) is 22.3 Å². The molecule has 0 spiro atoms. The number of nitrogens with zero attached hydrogens (tertiary/aromatic N) is 2. The van der Waals surface area contributed by atoms with Gasteiger partial charge in [-0.2, -0.15) is 5.10 Å². The lowest BCUT2D eigenvalue weighted by Gasteiger charge is -2.17. The average Bonchev–Trinajstić information content (AvgIpc) is 2.88. The summed E-state index contributed by atoms with van der Waals surface area (Å²) in [7, 11) is 0. The van der Waals surface area contributed by atoms with Crippen LogP contribution in [0, 0.1) is 0 Å². The molecule has 2 aromatic rings. The highest BCUT2D eigenvalue weighted by Crippen LogP contribution is 2.27. The van der Waals surface area contributed by atoms with Crippen LogP contribution in [-0.2, 0) is 6.54 Å². The first-order valence-electron chi connectivity index (χ1n) is 6.08. The molecule has 0 saturated heterocycles. The second-order valence-electron chi connectivity index (χ2n) is 4.19. The highest BCUT2D eigenvalue weighted by Gasteiger charge is 2.12. The summed E-state index contributed by atoms with van der Waals surface area (Å²) in [5.41, 5.74) is 7.84. The molecule has 0 bridgehead atoms.